The molecule has 0 spiro atoms. The van der Waals surface area contributed by atoms with E-state index < -0.39 is 30.1 Å². The number of aliphatic hydroxyl groups excluding tert-OH is 2. The molecule has 5 N–H and O–H groups in total. The summed E-state index contributed by atoms with van der Waals surface area (Å²) in [4.78, 5) is 11.5. The maximum absolute atomic E-state index is 12.4. The van der Waals surface area contributed by atoms with Crippen molar-refractivity contribution in [3.8, 4) is 0 Å². The molecule has 0 aromatic carbocycles. The summed E-state index contributed by atoms with van der Waals surface area (Å²) < 4.78 is 16.9. The van der Waals surface area contributed by atoms with Crippen LogP contribution in [0.25, 0.3) is 0 Å². The average molecular weight is 516 g/mol. The number of rotatable bonds is 3. The lowest BCUT2D eigenvalue weighted by Gasteiger charge is -2.62. The molecule has 0 bridgehead atoms. The maximum atomic E-state index is 12.4. The van der Waals surface area contributed by atoms with Crippen molar-refractivity contribution >= 4 is 0 Å². The van der Waals surface area contributed by atoms with Crippen molar-refractivity contribution in [2.75, 3.05) is 6.61 Å². The molecule has 8 nitrogen and oxygen atoms in total. The van der Waals surface area contributed by atoms with E-state index in [-0.39, 0.29) is 41.0 Å². The first kappa shape index (κ1) is 25.7. The Morgan fingerprint density at radius 3 is 2.59 bits per heavy atom. The largest absolute Gasteiger partial charge is 0.431 e. The van der Waals surface area contributed by atoms with Crippen LogP contribution in [0.5, 0.6) is 0 Å². The van der Waals surface area contributed by atoms with Crippen molar-refractivity contribution in [3.05, 3.63) is 46.0 Å². The number of aliphatic hydroxyl groups is 3. The van der Waals surface area contributed by atoms with Crippen LogP contribution >= 0.6 is 0 Å². The van der Waals surface area contributed by atoms with Crippen molar-refractivity contribution in [3.63, 3.8) is 0 Å². The van der Waals surface area contributed by atoms with E-state index in [1.54, 1.807) is 6.26 Å². The van der Waals surface area contributed by atoms with Crippen LogP contribution in [0.15, 0.2) is 39.3 Å². The van der Waals surface area contributed by atoms with Gasteiger partial charge < -0.3 is 34.9 Å². The molecule has 11 atom stereocenters. The smallest absolute Gasteiger partial charge is 0.335 e. The number of allylic oxidation sites excluding steroid dienone is 1. The van der Waals surface area contributed by atoms with Crippen molar-refractivity contribution < 1.29 is 29.2 Å². The van der Waals surface area contributed by atoms with Gasteiger partial charge >= 0.3 is 5.63 Å². The maximum Gasteiger partial charge on any atom is 0.335 e. The summed E-state index contributed by atoms with van der Waals surface area (Å²) in [7, 11) is 0. The third-order valence-corrected chi connectivity index (χ3v) is 11.2. The van der Waals surface area contributed by atoms with Gasteiger partial charge in [-0.15, -0.1) is 0 Å². The predicted molar refractivity (Wildman–Crippen MR) is 135 cm³/mol. The summed E-state index contributed by atoms with van der Waals surface area (Å²) in [5.74, 6) is 0.809. The molecular weight excluding hydrogens is 474 g/mol. The van der Waals surface area contributed by atoms with Crippen LogP contribution in [0.1, 0.15) is 76.7 Å². The molecule has 37 heavy (non-hydrogen) atoms. The van der Waals surface area contributed by atoms with Crippen LogP contribution < -0.4 is 11.4 Å². The van der Waals surface area contributed by atoms with Gasteiger partial charge in [0, 0.05) is 11.5 Å². The van der Waals surface area contributed by atoms with Crippen molar-refractivity contribution in [1.29, 1.82) is 0 Å². The van der Waals surface area contributed by atoms with Gasteiger partial charge in [-0.3, -0.25) is 0 Å². The molecule has 4 fully saturated rings. The fourth-order valence-electron chi connectivity index (χ4n) is 8.98. The molecule has 204 valence electrons. The summed E-state index contributed by atoms with van der Waals surface area (Å²) in [5.41, 5.74) is 6.88. The zero-order valence-corrected chi connectivity index (χ0v) is 21.8. The first-order chi connectivity index (χ1) is 17.6. The first-order valence-electron chi connectivity index (χ1n) is 14.0. The second-order valence-corrected chi connectivity index (χ2v) is 12.8. The lowest BCUT2D eigenvalue weighted by atomic mass is 9.45. The quantitative estimate of drug-likeness (QED) is 0.451. The van der Waals surface area contributed by atoms with Gasteiger partial charge in [0.2, 0.25) is 0 Å². The first-order valence-corrected chi connectivity index (χ1v) is 14.0. The Balaban J connectivity index is 1.21. The fourth-order valence-corrected chi connectivity index (χ4v) is 8.98. The highest BCUT2D eigenvalue weighted by Gasteiger charge is 2.66. The lowest BCUT2D eigenvalue weighted by molar-refractivity contribution is -0.259. The topological polar surface area (TPSA) is 135 Å². The molecule has 7 unspecified atom stereocenters. The van der Waals surface area contributed by atoms with E-state index >= 15 is 0 Å². The lowest BCUT2D eigenvalue weighted by Crippen LogP contribution is -2.60. The SMILES string of the molecule is C[C@]12CCC(OC3OCC(N)C(O)C3O)C=C1CCC1C2CC[C@]2(C)[C@@H](c3ccc(=O)oc3)CC[C@]12O. The molecule has 1 aromatic heterocycles. The third-order valence-electron chi connectivity index (χ3n) is 11.2. The Labute approximate surface area is 217 Å². The Morgan fingerprint density at radius 2 is 1.84 bits per heavy atom. The second kappa shape index (κ2) is 9.00. The second-order valence-electron chi connectivity index (χ2n) is 12.8. The number of hydrogen-bond donors (Lipinski definition) is 4. The molecular formula is C29H41NO7. The predicted octanol–water partition coefficient (Wildman–Crippen LogP) is 2.59. The van der Waals surface area contributed by atoms with Gasteiger partial charge in [-0.1, -0.05) is 25.5 Å². The summed E-state index contributed by atoms with van der Waals surface area (Å²) in [6, 6.07) is 2.76. The van der Waals surface area contributed by atoms with Crippen LogP contribution in [-0.2, 0) is 9.47 Å². The van der Waals surface area contributed by atoms with E-state index in [2.05, 4.69) is 19.9 Å². The van der Waals surface area contributed by atoms with Crippen LogP contribution in [0.4, 0.5) is 0 Å². The van der Waals surface area contributed by atoms with Gasteiger partial charge in [0.1, 0.15) is 12.2 Å². The average Bonchev–Trinajstić information content (AvgIpc) is 3.16. The molecule has 2 heterocycles. The van der Waals surface area contributed by atoms with Crippen molar-refractivity contribution in [2.45, 2.75) is 107 Å². The van der Waals surface area contributed by atoms with E-state index in [1.807, 2.05) is 6.07 Å². The number of ether oxygens (including phenoxy) is 2. The molecule has 1 aliphatic heterocycles. The van der Waals surface area contributed by atoms with Crippen LogP contribution in [0.2, 0.25) is 0 Å². The summed E-state index contributed by atoms with van der Waals surface area (Å²) in [6.07, 6.45) is 7.83. The standard InChI is InChI=1S/C29H41NO7/c1-27-10-7-18(37-26-25(33)24(32)22(30)15-36-26)13-17(27)4-5-21-20(27)8-11-28(2)19(9-12-29(21,28)34)16-3-6-23(31)35-14-16/h3,6,13-14,18-22,24-26,32-34H,4-5,7-12,15,30H2,1-2H3/t18?,19-,20?,21?,22?,24?,25?,26?,27+,28-,29+/m1/s1. The van der Waals surface area contributed by atoms with E-state index in [0.717, 1.165) is 56.9 Å². The molecule has 1 aromatic rings. The molecule has 0 amide bonds. The van der Waals surface area contributed by atoms with Crippen LogP contribution in [-0.4, -0.2) is 58.2 Å². The number of nitrogens with two attached hydrogens (primary N) is 1. The monoisotopic (exact) mass is 515 g/mol. The van der Waals surface area contributed by atoms with E-state index in [0.29, 0.717) is 5.92 Å². The fraction of sp³-hybridized carbons (Fsp3) is 0.759. The van der Waals surface area contributed by atoms with Crippen molar-refractivity contribution in [1.82, 2.24) is 0 Å². The van der Waals surface area contributed by atoms with Gasteiger partial charge in [-0.05, 0) is 86.2 Å². The zero-order valence-electron chi connectivity index (χ0n) is 21.8. The Bertz CT molecular complexity index is 1100. The molecule has 8 heteroatoms. The minimum atomic E-state index is -1.16. The molecule has 5 aliphatic rings. The van der Waals surface area contributed by atoms with E-state index in [4.69, 9.17) is 19.6 Å². The molecule has 6 rings (SSSR count). The van der Waals surface area contributed by atoms with Gasteiger partial charge in [-0.2, -0.15) is 0 Å². The Kier molecular flexibility index (Phi) is 6.25. The van der Waals surface area contributed by atoms with Gasteiger partial charge in [-0.25, -0.2) is 4.79 Å². The Morgan fingerprint density at radius 1 is 1.03 bits per heavy atom. The van der Waals surface area contributed by atoms with Gasteiger partial charge in [0.15, 0.2) is 6.29 Å². The minimum absolute atomic E-state index is 0.00533. The highest BCUT2D eigenvalue weighted by Crippen LogP contribution is 2.70. The molecule has 1 saturated heterocycles. The summed E-state index contributed by atoms with van der Waals surface area (Å²) in [5, 5.41) is 32.9. The Hall–Kier alpha value is -1.55. The summed E-state index contributed by atoms with van der Waals surface area (Å²) >= 11 is 0. The minimum Gasteiger partial charge on any atom is -0.431 e. The molecule has 3 saturated carbocycles. The van der Waals surface area contributed by atoms with Gasteiger partial charge in [0.25, 0.3) is 0 Å². The third kappa shape index (κ3) is 3.82. The van der Waals surface area contributed by atoms with Crippen LogP contribution in [0, 0.1) is 22.7 Å². The number of fused-ring (bicyclic) bond motifs is 5. The highest BCUT2D eigenvalue weighted by atomic mass is 16.7. The normalized spacial score (nSPS) is 49.5. The molecule has 4 aliphatic carbocycles. The summed E-state index contributed by atoms with van der Waals surface area (Å²) in [6.45, 7) is 4.77. The van der Waals surface area contributed by atoms with Gasteiger partial charge in [0.05, 0.1) is 30.6 Å². The van der Waals surface area contributed by atoms with E-state index in [1.165, 1.54) is 11.6 Å². The number of hydrogen-bond acceptors (Lipinski definition) is 8. The highest BCUT2D eigenvalue weighted by molar-refractivity contribution is 5.31. The van der Waals surface area contributed by atoms with Crippen molar-refractivity contribution in [2.24, 2.45) is 28.4 Å². The molecule has 0 radical (unpaired) electrons. The zero-order chi connectivity index (χ0) is 26.2. The van der Waals surface area contributed by atoms with Crippen LogP contribution in [0.3, 0.4) is 0 Å². The van der Waals surface area contributed by atoms with E-state index in [9.17, 15) is 20.1 Å².